The molecule has 1 amide bonds. The first kappa shape index (κ1) is 11.9. The molecule has 3 heteroatoms. The SMILES string of the molecule is CCCC1NC(C)C(=O)N1C(C)C1CCC1. The largest absolute Gasteiger partial charge is 0.323 e. The van der Waals surface area contributed by atoms with Gasteiger partial charge in [0.15, 0.2) is 0 Å². The Hall–Kier alpha value is -0.570. The van der Waals surface area contributed by atoms with Gasteiger partial charge in [-0.3, -0.25) is 10.1 Å². The number of hydrogen-bond donors (Lipinski definition) is 1. The van der Waals surface area contributed by atoms with Crippen LogP contribution in [0.25, 0.3) is 0 Å². The minimum atomic E-state index is 0.0130. The molecule has 92 valence electrons. The number of rotatable bonds is 4. The molecule has 2 aliphatic rings. The van der Waals surface area contributed by atoms with Gasteiger partial charge < -0.3 is 4.90 Å². The molecule has 0 aromatic heterocycles. The molecule has 2 fully saturated rings. The molecule has 1 aliphatic carbocycles. The first-order valence-corrected chi connectivity index (χ1v) is 6.73. The molecule has 3 atom stereocenters. The molecule has 1 saturated heterocycles. The van der Waals surface area contributed by atoms with E-state index in [-0.39, 0.29) is 12.2 Å². The topological polar surface area (TPSA) is 32.3 Å². The molecule has 1 heterocycles. The Morgan fingerprint density at radius 3 is 2.69 bits per heavy atom. The maximum absolute atomic E-state index is 12.1. The van der Waals surface area contributed by atoms with Gasteiger partial charge in [-0.15, -0.1) is 0 Å². The normalized spacial score (nSPS) is 32.9. The summed E-state index contributed by atoms with van der Waals surface area (Å²) in [6, 6.07) is 0.439. The maximum atomic E-state index is 12.1. The van der Waals surface area contributed by atoms with Gasteiger partial charge in [-0.05, 0) is 39.0 Å². The molecule has 2 rings (SSSR count). The molecule has 0 aromatic carbocycles. The van der Waals surface area contributed by atoms with Crippen molar-refractivity contribution in [2.45, 2.75) is 71.1 Å². The van der Waals surface area contributed by atoms with Crippen LogP contribution >= 0.6 is 0 Å². The molecule has 16 heavy (non-hydrogen) atoms. The zero-order valence-electron chi connectivity index (χ0n) is 10.7. The second kappa shape index (κ2) is 4.74. The molecule has 1 N–H and O–H groups in total. The molecule has 0 bridgehead atoms. The van der Waals surface area contributed by atoms with Crippen molar-refractivity contribution in [1.82, 2.24) is 10.2 Å². The lowest BCUT2D eigenvalue weighted by molar-refractivity contribution is -0.133. The minimum absolute atomic E-state index is 0.0130. The predicted octanol–water partition coefficient (Wildman–Crippen LogP) is 2.12. The van der Waals surface area contributed by atoms with Crippen LogP contribution in [0.15, 0.2) is 0 Å². The van der Waals surface area contributed by atoms with Gasteiger partial charge >= 0.3 is 0 Å². The van der Waals surface area contributed by atoms with Crippen molar-refractivity contribution in [3.8, 4) is 0 Å². The second-order valence-electron chi connectivity index (χ2n) is 5.37. The van der Waals surface area contributed by atoms with E-state index in [4.69, 9.17) is 0 Å². The monoisotopic (exact) mass is 224 g/mol. The number of carbonyl (C=O) groups excluding carboxylic acids is 1. The fourth-order valence-corrected chi connectivity index (χ4v) is 2.95. The number of nitrogens with one attached hydrogen (secondary N) is 1. The quantitative estimate of drug-likeness (QED) is 0.793. The summed E-state index contributed by atoms with van der Waals surface area (Å²) in [6.45, 7) is 6.39. The van der Waals surface area contributed by atoms with E-state index in [1.807, 2.05) is 6.92 Å². The summed E-state index contributed by atoms with van der Waals surface area (Å²) in [5.74, 6) is 1.05. The summed E-state index contributed by atoms with van der Waals surface area (Å²) in [6.07, 6.45) is 6.44. The molecule has 3 nitrogen and oxygen atoms in total. The van der Waals surface area contributed by atoms with Crippen LogP contribution in [0, 0.1) is 5.92 Å². The third kappa shape index (κ3) is 1.97. The van der Waals surface area contributed by atoms with E-state index in [9.17, 15) is 4.79 Å². The lowest BCUT2D eigenvalue weighted by atomic mass is 9.79. The Morgan fingerprint density at radius 2 is 2.19 bits per heavy atom. The van der Waals surface area contributed by atoms with Crippen LogP contribution in [0.5, 0.6) is 0 Å². The summed E-state index contributed by atoms with van der Waals surface area (Å²) in [5, 5.41) is 3.41. The van der Waals surface area contributed by atoms with Crippen molar-refractivity contribution in [3.63, 3.8) is 0 Å². The molecule has 0 aromatic rings. The summed E-state index contributed by atoms with van der Waals surface area (Å²) in [7, 11) is 0. The molecule has 0 spiro atoms. The van der Waals surface area contributed by atoms with Crippen molar-refractivity contribution in [1.29, 1.82) is 0 Å². The van der Waals surface area contributed by atoms with Crippen LogP contribution in [-0.2, 0) is 4.79 Å². The van der Waals surface area contributed by atoms with Gasteiger partial charge in [0, 0.05) is 6.04 Å². The highest BCUT2D eigenvalue weighted by atomic mass is 16.2. The van der Waals surface area contributed by atoms with Crippen LogP contribution in [0.3, 0.4) is 0 Å². The van der Waals surface area contributed by atoms with E-state index in [0.29, 0.717) is 11.9 Å². The highest BCUT2D eigenvalue weighted by molar-refractivity contribution is 5.84. The average Bonchev–Trinajstić information content (AvgIpc) is 2.40. The van der Waals surface area contributed by atoms with E-state index < -0.39 is 0 Å². The van der Waals surface area contributed by atoms with Crippen LogP contribution < -0.4 is 5.32 Å². The van der Waals surface area contributed by atoms with Crippen molar-refractivity contribution in [3.05, 3.63) is 0 Å². The molecule has 0 radical (unpaired) electrons. The fourth-order valence-electron chi connectivity index (χ4n) is 2.95. The summed E-state index contributed by atoms with van der Waals surface area (Å²) in [5.41, 5.74) is 0. The molecule has 1 aliphatic heterocycles. The lowest BCUT2D eigenvalue weighted by Crippen LogP contribution is -2.48. The maximum Gasteiger partial charge on any atom is 0.240 e. The molecule has 1 saturated carbocycles. The molecular weight excluding hydrogens is 200 g/mol. The van der Waals surface area contributed by atoms with E-state index in [1.165, 1.54) is 19.3 Å². The molecule has 3 unspecified atom stereocenters. The number of nitrogens with zero attached hydrogens (tertiary/aromatic N) is 1. The minimum Gasteiger partial charge on any atom is -0.323 e. The highest BCUT2D eigenvalue weighted by Crippen LogP contribution is 2.34. The summed E-state index contributed by atoms with van der Waals surface area (Å²) >= 11 is 0. The standard InChI is InChI=1S/C13H24N2O/c1-4-6-12-14-9(2)13(16)15(12)10(3)11-7-5-8-11/h9-12,14H,4-8H2,1-3H3. The first-order chi connectivity index (χ1) is 7.65. The Morgan fingerprint density at radius 1 is 1.50 bits per heavy atom. The highest BCUT2D eigenvalue weighted by Gasteiger charge is 2.41. The van der Waals surface area contributed by atoms with E-state index in [1.54, 1.807) is 0 Å². The predicted molar refractivity (Wildman–Crippen MR) is 64.9 cm³/mol. The Bertz CT molecular complexity index is 261. The van der Waals surface area contributed by atoms with Gasteiger partial charge in [0.25, 0.3) is 0 Å². The third-order valence-electron chi connectivity index (χ3n) is 4.24. The van der Waals surface area contributed by atoms with Gasteiger partial charge in [-0.2, -0.15) is 0 Å². The number of carbonyl (C=O) groups is 1. The lowest BCUT2D eigenvalue weighted by Gasteiger charge is -2.39. The van der Waals surface area contributed by atoms with Gasteiger partial charge in [0.05, 0.1) is 12.2 Å². The van der Waals surface area contributed by atoms with Gasteiger partial charge in [-0.25, -0.2) is 0 Å². The van der Waals surface area contributed by atoms with Crippen LogP contribution in [0.2, 0.25) is 0 Å². The number of hydrogen-bond acceptors (Lipinski definition) is 2. The Labute approximate surface area is 98.6 Å². The zero-order valence-corrected chi connectivity index (χ0v) is 10.7. The van der Waals surface area contributed by atoms with E-state index in [0.717, 1.165) is 18.8 Å². The first-order valence-electron chi connectivity index (χ1n) is 6.73. The average molecular weight is 224 g/mol. The van der Waals surface area contributed by atoms with Crippen LogP contribution in [-0.4, -0.2) is 29.1 Å². The van der Waals surface area contributed by atoms with Gasteiger partial charge in [-0.1, -0.05) is 19.8 Å². The Kier molecular flexibility index (Phi) is 3.53. The van der Waals surface area contributed by atoms with Crippen molar-refractivity contribution >= 4 is 5.91 Å². The Balaban J connectivity index is 2.05. The summed E-state index contributed by atoms with van der Waals surface area (Å²) in [4.78, 5) is 14.3. The van der Waals surface area contributed by atoms with E-state index in [2.05, 4.69) is 24.1 Å². The smallest absolute Gasteiger partial charge is 0.240 e. The van der Waals surface area contributed by atoms with Gasteiger partial charge in [0.2, 0.25) is 5.91 Å². The van der Waals surface area contributed by atoms with Crippen molar-refractivity contribution in [2.24, 2.45) is 5.92 Å². The second-order valence-corrected chi connectivity index (χ2v) is 5.37. The fraction of sp³-hybridized carbons (Fsp3) is 0.923. The van der Waals surface area contributed by atoms with Crippen molar-refractivity contribution in [2.75, 3.05) is 0 Å². The van der Waals surface area contributed by atoms with Gasteiger partial charge in [0.1, 0.15) is 0 Å². The molecular formula is C13H24N2O. The van der Waals surface area contributed by atoms with Crippen LogP contribution in [0.4, 0.5) is 0 Å². The summed E-state index contributed by atoms with van der Waals surface area (Å²) < 4.78 is 0. The van der Waals surface area contributed by atoms with Crippen molar-refractivity contribution < 1.29 is 4.79 Å². The van der Waals surface area contributed by atoms with Crippen LogP contribution in [0.1, 0.15) is 52.9 Å². The number of amides is 1. The van der Waals surface area contributed by atoms with E-state index >= 15 is 0 Å². The third-order valence-corrected chi connectivity index (χ3v) is 4.24. The zero-order chi connectivity index (χ0) is 11.7.